The number of aliphatic hydroxyl groups excluding tert-OH is 1. The van der Waals surface area contributed by atoms with Crippen LogP contribution in [0.2, 0.25) is 0 Å². The molecule has 0 bridgehead atoms. The highest BCUT2D eigenvalue weighted by molar-refractivity contribution is 5.48. The Kier molecular flexibility index (Phi) is 4.01. The molecular formula is C13H17NO5. The highest BCUT2D eigenvalue weighted by Crippen LogP contribution is 2.33. The summed E-state index contributed by atoms with van der Waals surface area (Å²) in [6.07, 6.45) is -0.657. The minimum absolute atomic E-state index is 0.0327. The molecule has 1 N–H and O–H groups in total. The Morgan fingerprint density at radius 3 is 2.84 bits per heavy atom. The van der Waals surface area contributed by atoms with E-state index < -0.39 is 11.0 Å². The molecule has 104 valence electrons. The highest BCUT2D eigenvalue weighted by Gasteiger charge is 2.43. The molecule has 19 heavy (non-hydrogen) atoms. The van der Waals surface area contributed by atoms with Gasteiger partial charge in [0, 0.05) is 19.1 Å². The van der Waals surface area contributed by atoms with E-state index in [9.17, 15) is 15.2 Å². The Hall–Kier alpha value is -1.66. The van der Waals surface area contributed by atoms with E-state index in [0.29, 0.717) is 24.3 Å². The van der Waals surface area contributed by atoms with Gasteiger partial charge in [0.25, 0.3) is 5.69 Å². The number of ether oxygens (including phenoxy) is 2. The molecule has 3 unspecified atom stereocenters. The monoisotopic (exact) mass is 267 g/mol. The van der Waals surface area contributed by atoms with Crippen molar-refractivity contribution in [1.82, 2.24) is 0 Å². The van der Waals surface area contributed by atoms with E-state index in [2.05, 4.69) is 0 Å². The number of nitro groups is 1. The summed E-state index contributed by atoms with van der Waals surface area (Å²) in [5.41, 5.74) is 0.523. The first-order chi connectivity index (χ1) is 9.04. The predicted octanol–water partition coefficient (Wildman–Crippen LogP) is 1.82. The van der Waals surface area contributed by atoms with Gasteiger partial charge in [-0.3, -0.25) is 10.1 Å². The third-order valence-corrected chi connectivity index (χ3v) is 3.31. The molecule has 1 aromatic carbocycles. The number of hydrogen-bond acceptors (Lipinski definition) is 5. The zero-order valence-corrected chi connectivity index (χ0v) is 10.9. The fourth-order valence-corrected chi connectivity index (χ4v) is 2.18. The van der Waals surface area contributed by atoms with Gasteiger partial charge in [0.15, 0.2) is 0 Å². The topological polar surface area (TPSA) is 81.8 Å². The molecule has 1 saturated carbocycles. The maximum Gasteiger partial charge on any atom is 0.276 e. The summed E-state index contributed by atoms with van der Waals surface area (Å²) >= 11 is 0. The summed E-state index contributed by atoms with van der Waals surface area (Å²) in [6, 6.07) is 4.72. The molecule has 6 nitrogen and oxygen atoms in total. The van der Waals surface area contributed by atoms with E-state index in [4.69, 9.17) is 9.47 Å². The van der Waals surface area contributed by atoms with Gasteiger partial charge in [0.05, 0.1) is 16.6 Å². The first-order valence-electron chi connectivity index (χ1n) is 6.25. The minimum atomic E-state index is -0.524. The number of nitrogens with zero attached hydrogens (tertiary/aromatic N) is 1. The van der Waals surface area contributed by atoms with E-state index in [0.717, 1.165) is 0 Å². The molecule has 6 heteroatoms. The fourth-order valence-electron chi connectivity index (χ4n) is 2.18. The van der Waals surface area contributed by atoms with Gasteiger partial charge in [-0.2, -0.15) is 0 Å². The van der Waals surface area contributed by atoms with Crippen molar-refractivity contribution in [2.75, 3.05) is 6.61 Å². The summed E-state index contributed by atoms with van der Waals surface area (Å²) in [5, 5.41) is 20.4. The van der Waals surface area contributed by atoms with Crippen LogP contribution in [0.3, 0.4) is 0 Å². The summed E-state index contributed by atoms with van der Waals surface area (Å²) in [6.45, 7) is 3.99. The Balaban J connectivity index is 2.12. The van der Waals surface area contributed by atoms with Crippen LogP contribution in [0.15, 0.2) is 18.2 Å². The standard InChI is InChI=1S/C13H17NO5/c1-3-18-13-10(15)7-12(13)19-11-6-4-5-9(8(11)2)14(16)17/h4-6,10,12-13,15H,3,7H2,1-2H3. The fraction of sp³-hybridized carbons (Fsp3) is 0.538. The summed E-state index contributed by atoms with van der Waals surface area (Å²) < 4.78 is 11.1. The molecule has 2 rings (SSSR count). The number of rotatable bonds is 5. The zero-order valence-electron chi connectivity index (χ0n) is 10.9. The lowest BCUT2D eigenvalue weighted by Crippen LogP contribution is -2.55. The lowest BCUT2D eigenvalue weighted by atomic mass is 9.88. The smallest absolute Gasteiger partial charge is 0.276 e. The summed E-state index contributed by atoms with van der Waals surface area (Å²) in [7, 11) is 0. The van der Waals surface area contributed by atoms with E-state index in [1.165, 1.54) is 6.07 Å². The van der Waals surface area contributed by atoms with Crippen molar-refractivity contribution in [3.8, 4) is 5.75 Å². The van der Waals surface area contributed by atoms with Crippen LogP contribution >= 0.6 is 0 Å². The van der Waals surface area contributed by atoms with Crippen molar-refractivity contribution in [1.29, 1.82) is 0 Å². The Bertz CT molecular complexity index is 476. The molecule has 0 aliphatic heterocycles. The maximum absolute atomic E-state index is 10.8. The van der Waals surface area contributed by atoms with Crippen molar-refractivity contribution in [3.05, 3.63) is 33.9 Å². The molecule has 1 aliphatic carbocycles. The predicted molar refractivity (Wildman–Crippen MR) is 68.3 cm³/mol. The van der Waals surface area contributed by atoms with Gasteiger partial charge < -0.3 is 14.6 Å². The van der Waals surface area contributed by atoms with E-state index in [1.807, 2.05) is 6.92 Å². The van der Waals surface area contributed by atoms with Gasteiger partial charge in [-0.15, -0.1) is 0 Å². The van der Waals surface area contributed by atoms with Gasteiger partial charge in [0.2, 0.25) is 0 Å². The van der Waals surface area contributed by atoms with Gasteiger partial charge in [-0.05, 0) is 19.9 Å². The number of nitro benzene ring substituents is 1. The average Bonchev–Trinajstić information content (AvgIpc) is 2.37. The first kappa shape index (κ1) is 13.8. The van der Waals surface area contributed by atoms with Crippen molar-refractivity contribution < 1.29 is 19.5 Å². The molecule has 0 heterocycles. The van der Waals surface area contributed by atoms with E-state index >= 15 is 0 Å². The average molecular weight is 267 g/mol. The van der Waals surface area contributed by atoms with Crippen molar-refractivity contribution in [2.24, 2.45) is 0 Å². The molecule has 0 spiro atoms. The minimum Gasteiger partial charge on any atom is -0.487 e. The van der Waals surface area contributed by atoms with Gasteiger partial charge in [-0.1, -0.05) is 6.07 Å². The SMILES string of the molecule is CCOC1C(O)CC1Oc1cccc([N+](=O)[O-])c1C. The third kappa shape index (κ3) is 2.69. The third-order valence-electron chi connectivity index (χ3n) is 3.31. The number of aliphatic hydroxyl groups is 1. The van der Waals surface area contributed by atoms with Crippen LogP contribution in [0.25, 0.3) is 0 Å². The largest absolute Gasteiger partial charge is 0.487 e. The maximum atomic E-state index is 10.8. The lowest BCUT2D eigenvalue weighted by molar-refractivity contribution is -0.385. The Labute approximate surface area is 111 Å². The van der Waals surface area contributed by atoms with Gasteiger partial charge in [0.1, 0.15) is 18.0 Å². The molecule has 0 aromatic heterocycles. The molecular weight excluding hydrogens is 250 g/mol. The van der Waals surface area contributed by atoms with Crippen molar-refractivity contribution in [2.45, 2.75) is 38.6 Å². The Morgan fingerprint density at radius 1 is 1.53 bits per heavy atom. The van der Waals surface area contributed by atoms with Crippen LogP contribution < -0.4 is 4.74 Å². The Morgan fingerprint density at radius 2 is 2.26 bits per heavy atom. The van der Waals surface area contributed by atoms with Gasteiger partial charge in [-0.25, -0.2) is 0 Å². The quantitative estimate of drug-likeness (QED) is 0.650. The normalized spacial score (nSPS) is 25.7. The zero-order chi connectivity index (χ0) is 14.0. The molecule has 3 atom stereocenters. The van der Waals surface area contributed by atoms with Crippen LogP contribution in [0.1, 0.15) is 18.9 Å². The molecule has 0 radical (unpaired) electrons. The molecule has 0 amide bonds. The molecule has 1 fully saturated rings. The van der Waals surface area contributed by atoms with Crippen LogP contribution in [0, 0.1) is 17.0 Å². The highest BCUT2D eigenvalue weighted by atomic mass is 16.6. The second-order valence-electron chi connectivity index (χ2n) is 4.54. The van der Waals surface area contributed by atoms with Crippen LogP contribution in [0.5, 0.6) is 5.75 Å². The number of hydrogen-bond donors (Lipinski definition) is 1. The first-order valence-corrected chi connectivity index (χ1v) is 6.25. The summed E-state index contributed by atoms with van der Waals surface area (Å²) in [4.78, 5) is 10.4. The van der Waals surface area contributed by atoms with Crippen LogP contribution in [-0.2, 0) is 4.74 Å². The lowest BCUT2D eigenvalue weighted by Gasteiger charge is -2.40. The number of benzene rings is 1. The second-order valence-corrected chi connectivity index (χ2v) is 4.54. The molecule has 1 aromatic rings. The van der Waals surface area contributed by atoms with Gasteiger partial charge >= 0.3 is 0 Å². The van der Waals surface area contributed by atoms with Crippen LogP contribution in [-0.4, -0.2) is 34.9 Å². The van der Waals surface area contributed by atoms with Crippen LogP contribution in [0.4, 0.5) is 5.69 Å². The van der Waals surface area contributed by atoms with E-state index in [1.54, 1.807) is 19.1 Å². The van der Waals surface area contributed by atoms with E-state index in [-0.39, 0.29) is 17.9 Å². The molecule has 0 saturated heterocycles. The van der Waals surface area contributed by atoms with Crippen molar-refractivity contribution in [3.63, 3.8) is 0 Å². The molecule has 1 aliphatic rings. The van der Waals surface area contributed by atoms with Crippen molar-refractivity contribution >= 4 is 5.69 Å². The summed E-state index contributed by atoms with van der Waals surface area (Å²) in [5.74, 6) is 0.468. The second kappa shape index (κ2) is 5.54.